The average molecular weight is 379 g/mol. The third kappa shape index (κ3) is 4.01. The number of carbonyl (C=O) groups excluding carboxylic acids is 2. The van der Waals surface area contributed by atoms with Gasteiger partial charge in [-0.1, -0.05) is 42.5 Å². The number of benzene rings is 2. The molecular weight excluding hydrogens is 358 g/mol. The van der Waals surface area contributed by atoms with Gasteiger partial charge < -0.3 is 10.2 Å². The summed E-state index contributed by atoms with van der Waals surface area (Å²) < 4.78 is 0. The minimum Gasteiger partial charge on any atom is -0.342 e. The molecule has 138 valence electrons. The Kier molecular flexibility index (Phi) is 5.16. The van der Waals surface area contributed by atoms with Gasteiger partial charge in [0.1, 0.15) is 0 Å². The number of fused-ring (bicyclic) bond motifs is 1. The van der Waals surface area contributed by atoms with Gasteiger partial charge in [-0.3, -0.25) is 9.59 Å². The second-order valence-corrected chi connectivity index (χ2v) is 7.72. The van der Waals surface area contributed by atoms with E-state index in [1.807, 2.05) is 34.5 Å². The molecule has 1 atom stereocenters. The lowest BCUT2D eigenvalue weighted by molar-refractivity contribution is -0.133. The van der Waals surface area contributed by atoms with Crippen LogP contribution in [-0.4, -0.2) is 34.8 Å². The topological polar surface area (TPSA) is 62.3 Å². The number of hydrogen-bond acceptors (Lipinski definition) is 4. The Bertz CT molecular complexity index is 950. The molecule has 0 radical (unpaired) electrons. The van der Waals surface area contributed by atoms with Crippen LogP contribution in [0.5, 0.6) is 0 Å². The Balaban J connectivity index is 1.43. The van der Waals surface area contributed by atoms with E-state index in [-0.39, 0.29) is 17.7 Å². The van der Waals surface area contributed by atoms with Crippen molar-refractivity contribution in [3.05, 3.63) is 59.6 Å². The van der Waals surface area contributed by atoms with Crippen LogP contribution in [0, 0.1) is 5.92 Å². The molecule has 1 N–H and O–H groups in total. The normalized spacial score (nSPS) is 17.0. The predicted molar refractivity (Wildman–Crippen MR) is 108 cm³/mol. The predicted octanol–water partition coefficient (Wildman–Crippen LogP) is 3.72. The molecule has 4 rings (SSSR count). The lowest BCUT2D eigenvalue weighted by Gasteiger charge is -2.32. The molecule has 1 aromatic heterocycles. The Morgan fingerprint density at radius 1 is 1.19 bits per heavy atom. The molecule has 0 aliphatic carbocycles. The van der Waals surface area contributed by atoms with Crippen LogP contribution in [0.3, 0.4) is 0 Å². The Labute approximate surface area is 162 Å². The zero-order valence-electron chi connectivity index (χ0n) is 14.9. The SMILES string of the molecule is O=C(Nc1nccs1)C1CCCN(C(=O)Cc2cccc3ccccc23)C1. The summed E-state index contributed by atoms with van der Waals surface area (Å²) in [6.45, 7) is 1.19. The van der Waals surface area contributed by atoms with E-state index in [1.54, 1.807) is 6.20 Å². The molecule has 2 aromatic carbocycles. The van der Waals surface area contributed by atoms with E-state index >= 15 is 0 Å². The molecule has 0 bridgehead atoms. The Morgan fingerprint density at radius 2 is 2.04 bits per heavy atom. The molecule has 1 aliphatic heterocycles. The molecule has 3 aromatic rings. The van der Waals surface area contributed by atoms with Crippen LogP contribution in [0.1, 0.15) is 18.4 Å². The third-order valence-corrected chi connectivity index (χ3v) is 5.72. The van der Waals surface area contributed by atoms with Crippen molar-refractivity contribution in [2.75, 3.05) is 18.4 Å². The summed E-state index contributed by atoms with van der Waals surface area (Å²) >= 11 is 1.40. The van der Waals surface area contributed by atoms with E-state index in [9.17, 15) is 9.59 Å². The molecular formula is C21H21N3O2S. The number of carbonyl (C=O) groups is 2. The third-order valence-electron chi connectivity index (χ3n) is 5.03. The van der Waals surface area contributed by atoms with Crippen LogP contribution < -0.4 is 5.32 Å². The van der Waals surface area contributed by atoms with Crippen molar-refractivity contribution in [1.82, 2.24) is 9.88 Å². The highest BCUT2D eigenvalue weighted by Crippen LogP contribution is 2.23. The van der Waals surface area contributed by atoms with Gasteiger partial charge in [0.2, 0.25) is 11.8 Å². The summed E-state index contributed by atoms with van der Waals surface area (Å²) in [4.78, 5) is 31.3. The van der Waals surface area contributed by atoms with Crippen molar-refractivity contribution in [2.24, 2.45) is 5.92 Å². The van der Waals surface area contributed by atoms with E-state index in [4.69, 9.17) is 0 Å². The molecule has 0 saturated carbocycles. The van der Waals surface area contributed by atoms with Gasteiger partial charge in [-0.15, -0.1) is 11.3 Å². The molecule has 2 amide bonds. The van der Waals surface area contributed by atoms with E-state index in [2.05, 4.69) is 28.5 Å². The van der Waals surface area contributed by atoms with Gasteiger partial charge in [0, 0.05) is 24.7 Å². The number of aromatic nitrogens is 1. The van der Waals surface area contributed by atoms with Crippen molar-refractivity contribution in [3.8, 4) is 0 Å². The number of rotatable bonds is 4. The van der Waals surface area contributed by atoms with Crippen LogP contribution in [0.2, 0.25) is 0 Å². The first-order valence-corrected chi connectivity index (χ1v) is 10.0. The second kappa shape index (κ2) is 7.88. The largest absolute Gasteiger partial charge is 0.342 e. The number of thiazole rings is 1. The summed E-state index contributed by atoms with van der Waals surface area (Å²) in [6.07, 6.45) is 3.68. The van der Waals surface area contributed by atoms with Gasteiger partial charge in [-0.25, -0.2) is 4.98 Å². The van der Waals surface area contributed by atoms with Crippen molar-refractivity contribution in [1.29, 1.82) is 0 Å². The first-order chi connectivity index (χ1) is 13.2. The maximum atomic E-state index is 12.9. The number of anilines is 1. The Morgan fingerprint density at radius 3 is 2.89 bits per heavy atom. The molecule has 0 spiro atoms. The smallest absolute Gasteiger partial charge is 0.231 e. The number of hydrogen-bond donors (Lipinski definition) is 1. The van der Waals surface area contributed by atoms with Crippen molar-refractivity contribution in [2.45, 2.75) is 19.3 Å². The van der Waals surface area contributed by atoms with E-state index in [1.165, 1.54) is 11.3 Å². The van der Waals surface area contributed by atoms with E-state index in [0.29, 0.717) is 24.6 Å². The number of likely N-dealkylation sites (tertiary alicyclic amines) is 1. The second-order valence-electron chi connectivity index (χ2n) is 6.82. The van der Waals surface area contributed by atoms with E-state index < -0.39 is 0 Å². The van der Waals surface area contributed by atoms with Crippen molar-refractivity contribution in [3.63, 3.8) is 0 Å². The molecule has 5 nitrogen and oxygen atoms in total. The summed E-state index contributed by atoms with van der Waals surface area (Å²) in [5, 5.41) is 7.55. The fraction of sp³-hybridized carbons (Fsp3) is 0.286. The van der Waals surface area contributed by atoms with Gasteiger partial charge in [0.05, 0.1) is 12.3 Å². The van der Waals surface area contributed by atoms with Crippen molar-refractivity contribution >= 4 is 39.1 Å². The standard InChI is InChI=1S/C21H21N3O2S/c25-19(13-16-7-3-6-15-5-1-2-9-18(15)16)24-11-4-8-17(14-24)20(26)23-21-22-10-12-27-21/h1-3,5-7,9-10,12,17H,4,8,11,13-14H2,(H,22,23,26). The summed E-state index contributed by atoms with van der Waals surface area (Å²) in [5.41, 5.74) is 1.03. The molecule has 27 heavy (non-hydrogen) atoms. The van der Waals surface area contributed by atoms with Crippen LogP contribution in [0.25, 0.3) is 10.8 Å². The lowest BCUT2D eigenvalue weighted by atomic mass is 9.96. The summed E-state index contributed by atoms with van der Waals surface area (Å²) in [7, 11) is 0. The van der Waals surface area contributed by atoms with E-state index in [0.717, 1.165) is 29.2 Å². The van der Waals surface area contributed by atoms with Crippen LogP contribution in [0.15, 0.2) is 54.0 Å². The molecule has 1 saturated heterocycles. The zero-order chi connectivity index (χ0) is 18.6. The van der Waals surface area contributed by atoms with Crippen molar-refractivity contribution < 1.29 is 9.59 Å². The monoisotopic (exact) mass is 379 g/mol. The van der Waals surface area contributed by atoms with Crippen LogP contribution >= 0.6 is 11.3 Å². The highest BCUT2D eigenvalue weighted by atomic mass is 32.1. The highest BCUT2D eigenvalue weighted by Gasteiger charge is 2.28. The zero-order valence-corrected chi connectivity index (χ0v) is 15.7. The summed E-state index contributed by atoms with van der Waals surface area (Å²) in [5.74, 6) is -0.148. The van der Waals surface area contributed by atoms with Gasteiger partial charge in [-0.2, -0.15) is 0 Å². The van der Waals surface area contributed by atoms with Gasteiger partial charge in [0.15, 0.2) is 5.13 Å². The molecule has 2 heterocycles. The quantitative estimate of drug-likeness (QED) is 0.752. The molecule has 1 aliphatic rings. The lowest BCUT2D eigenvalue weighted by Crippen LogP contribution is -2.44. The molecule has 1 unspecified atom stereocenters. The molecule has 6 heteroatoms. The fourth-order valence-electron chi connectivity index (χ4n) is 3.63. The number of nitrogens with one attached hydrogen (secondary N) is 1. The first kappa shape index (κ1) is 17.7. The van der Waals surface area contributed by atoms with Crippen LogP contribution in [-0.2, 0) is 16.0 Å². The number of piperidine rings is 1. The maximum absolute atomic E-state index is 12.9. The maximum Gasteiger partial charge on any atom is 0.231 e. The van der Waals surface area contributed by atoms with Crippen LogP contribution in [0.4, 0.5) is 5.13 Å². The Hall–Kier alpha value is -2.73. The van der Waals surface area contributed by atoms with Gasteiger partial charge in [-0.05, 0) is 29.2 Å². The minimum absolute atomic E-state index is 0.0485. The number of nitrogens with zero attached hydrogens (tertiary/aromatic N) is 2. The molecule has 1 fully saturated rings. The number of amides is 2. The minimum atomic E-state index is -0.181. The highest BCUT2D eigenvalue weighted by molar-refractivity contribution is 7.13. The van der Waals surface area contributed by atoms with Gasteiger partial charge in [0.25, 0.3) is 0 Å². The summed E-state index contributed by atoms with van der Waals surface area (Å²) in [6, 6.07) is 14.2. The first-order valence-electron chi connectivity index (χ1n) is 9.15. The van der Waals surface area contributed by atoms with Gasteiger partial charge >= 0.3 is 0 Å². The fourth-order valence-corrected chi connectivity index (χ4v) is 4.16. The average Bonchev–Trinajstić information content (AvgIpc) is 3.21.